The molecule has 0 amide bonds. The predicted octanol–water partition coefficient (Wildman–Crippen LogP) is 0.680. The molecule has 0 saturated heterocycles. The van der Waals surface area contributed by atoms with Gasteiger partial charge in [0, 0.05) is 0 Å². The van der Waals surface area contributed by atoms with E-state index in [1.165, 1.54) is 0 Å². The lowest BCUT2D eigenvalue weighted by atomic mass is 11.5. The zero-order valence-corrected chi connectivity index (χ0v) is 1.94. The van der Waals surface area contributed by atoms with Crippen LogP contribution in [0.3, 0.4) is 0 Å². The van der Waals surface area contributed by atoms with Gasteiger partial charge in [-0.3, -0.25) is 0 Å². The Morgan fingerprint density at radius 2 is 2.25 bits per heavy atom. The molecule has 0 atom stereocenters. The van der Waals surface area contributed by atoms with Crippen LogP contribution in [0.25, 0.3) is 0 Å². The standard InChI is InChI=1S/CH2FNO/c2-1-3-4/h1H2. The van der Waals surface area contributed by atoms with Gasteiger partial charge in [-0.25, -0.2) is 4.39 Å². The Balaban J connectivity index is 2.30. The van der Waals surface area contributed by atoms with Gasteiger partial charge in [-0.15, -0.1) is 4.91 Å². The minimum atomic E-state index is -1.11. The maximum atomic E-state index is 10.2. The van der Waals surface area contributed by atoms with Crippen LogP contribution in [0.4, 0.5) is 4.39 Å². The summed E-state index contributed by atoms with van der Waals surface area (Å²) < 4.78 is 10.2. The first-order valence-corrected chi connectivity index (χ1v) is 0.766. The van der Waals surface area contributed by atoms with Gasteiger partial charge in [0.15, 0.2) is 0 Å². The second-order valence-corrected chi connectivity index (χ2v) is 0.249. The number of hydrogen-bond donors (Lipinski definition) is 0. The third kappa shape index (κ3) is 1.53. The first-order chi connectivity index (χ1) is 1.91. The molecule has 0 aliphatic rings. The van der Waals surface area contributed by atoms with Gasteiger partial charge >= 0.3 is 0 Å². The lowest BCUT2D eigenvalue weighted by Gasteiger charge is -1.49. The number of hydrogen-bond acceptors (Lipinski definition) is 2. The number of nitroso groups, excluding NO2 is 1. The van der Waals surface area contributed by atoms with Crippen molar-refractivity contribution in [3.05, 3.63) is 4.91 Å². The molecule has 0 aromatic carbocycles. The van der Waals surface area contributed by atoms with Crippen molar-refractivity contribution in [2.24, 2.45) is 5.18 Å². The van der Waals surface area contributed by atoms with Crippen LogP contribution in [-0.4, -0.2) is 6.80 Å². The second kappa shape index (κ2) is 2.53. The van der Waals surface area contributed by atoms with Crippen LogP contribution < -0.4 is 0 Å². The van der Waals surface area contributed by atoms with Gasteiger partial charge in [0.1, 0.15) is 0 Å². The van der Waals surface area contributed by atoms with Crippen molar-refractivity contribution in [1.82, 2.24) is 0 Å². The number of halogens is 1. The van der Waals surface area contributed by atoms with E-state index in [2.05, 4.69) is 0 Å². The highest BCUT2D eigenvalue weighted by Gasteiger charge is 1.56. The van der Waals surface area contributed by atoms with Crippen LogP contribution in [0, 0.1) is 4.91 Å². The highest BCUT2D eigenvalue weighted by molar-refractivity contribution is 4.10. The number of nitrogens with zero attached hydrogens (tertiary/aromatic N) is 1. The monoisotopic (exact) mass is 63.0 g/mol. The molecule has 0 heterocycles. The van der Waals surface area contributed by atoms with E-state index in [-0.39, 0.29) is 0 Å². The van der Waals surface area contributed by atoms with E-state index < -0.39 is 6.80 Å². The minimum absolute atomic E-state index is 1.11. The Kier molecular flexibility index (Phi) is 2.23. The van der Waals surface area contributed by atoms with E-state index in [0.717, 1.165) is 0 Å². The van der Waals surface area contributed by atoms with Crippen LogP contribution in [-0.2, 0) is 0 Å². The van der Waals surface area contributed by atoms with Gasteiger partial charge in [-0.05, 0) is 5.18 Å². The molecule has 0 aromatic heterocycles. The number of alkyl halides is 1. The summed E-state index contributed by atoms with van der Waals surface area (Å²) in [5.41, 5.74) is 0. The Labute approximate surface area is 22.6 Å². The predicted molar refractivity (Wildman–Crippen MR) is 11.8 cm³/mol. The van der Waals surface area contributed by atoms with Crippen molar-refractivity contribution < 1.29 is 4.39 Å². The van der Waals surface area contributed by atoms with Gasteiger partial charge in [0.05, 0.1) is 0 Å². The summed E-state index contributed by atoms with van der Waals surface area (Å²) in [7, 11) is 0. The fourth-order valence-electron chi connectivity index (χ4n) is 0. The molecule has 0 fully saturated rings. The topological polar surface area (TPSA) is 29.4 Å². The lowest BCUT2D eigenvalue weighted by molar-refractivity contribution is 0.510. The average Bonchev–Trinajstić information content (AvgIpc) is 1.37. The van der Waals surface area contributed by atoms with Crippen molar-refractivity contribution in [1.29, 1.82) is 0 Å². The summed E-state index contributed by atoms with van der Waals surface area (Å²) in [6.07, 6.45) is 0. The lowest BCUT2D eigenvalue weighted by Crippen LogP contribution is -1.48. The third-order valence-electron chi connectivity index (χ3n) is 0.0488. The minimum Gasteiger partial charge on any atom is -0.222 e. The van der Waals surface area contributed by atoms with Crippen molar-refractivity contribution in [3.63, 3.8) is 0 Å². The van der Waals surface area contributed by atoms with Crippen molar-refractivity contribution >= 4 is 0 Å². The third-order valence-corrected chi connectivity index (χ3v) is 0.0488. The number of rotatable bonds is 1. The van der Waals surface area contributed by atoms with Crippen molar-refractivity contribution in [3.8, 4) is 0 Å². The molecule has 4 heavy (non-hydrogen) atoms. The van der Waals surface area contributed by atoms with Gasteiger partial charge in [0.2, 0.25) is 6.80 Å². The van der Waals surface area contributed by atoms with Gasteiger partial charge in [-0.1, -0.05) is 0 Å². The molecule has 0 rings (SSSR count). The zero-order chi connectivity index (χ0) is 3.41. The highest BCUT2D eigenvalue weighted by Crippen LogP contribution is 1.58. The van der Waals surface area contributed by atoms with Crippen LogP contribution in [0.15, 0.2) is 5.18 Å². The maximum Gasteiger partial charge on any atom is 0.220 e. The van der Waals surface area contributed by atoms with E-state index in [0.29, 0.717) is 0 Å². The van der Waals surface area contributed by atoms with E-state index in [4.69, 9.17) is 4.91 Å². The Hall–Kier alpha value is -0.470. The molecule has 3 heteroatoms. The molecule has 0 bridgehead atoms. The molecule has 24 valence electrons. The fraction of sp³-hybridized carbons (Fsp3) is 1.00. The van der Waals surface area contributed by atoms with Crippen LogP contribution in [0.5, 0.6) is 0 Å². The molecule has 0 radical (unpaired) electrons. The largest absolute Gasteiger partial charge is 0.222 e. The fourth-order valence-corrected chi connectivity index (χ4v) is 0. The second-order valence-electron chi connectivity index (χ2n) is 0.249. The quantitative estimate of drug-likeness (QED) is 0.325. The SMILES string of the molecule is O=NCF. The molecule has 0 aliphatic heterocycles. The van der Waals surface area contributed by atoms with E-state index in [1.807, 2.05) is 5.18 Å². The first-order valence-electron chi connectivity index (χ1n) is 0.766. The van der Waals surface area contributed by atoms with Gasteiger partial charge < -0.3 is 0 Å². The van der Waals surface area contributed by atoms with Gasteiger partial charge in [-0.2, -0.15) is 0 Å². The Morgan fingerprint density at radius 3 is 2.25 bits per heavy atom. The Bertz CT molecular complexity index is 22.0. The maximum absolute atomic E-state index is 10.2. The van der Waals surface area contributed by atoms with Crippen molar-refractivity contribution in [2.45, 2.75) is 0 Å². The summed E-state index contributed by atoms with van der Waals surface area (Å²) in [5, 5.41) is 1.82. The molecule has 0 spiro atoms. The molecule has 2 nitrogen and oxygen atoms in total. The summed E-state index contributed by atoms with van der Waals surface area (Å²) in [6, 6.07) is 0. The average molecular weight is 63.0 g/mol. The Morgan fingerprint density at radius 1 is 2.00 bits per heavy atom. The molecule has 0 unspecified atom stereocenters. The normalized spacial score (nSPS) is 6.25. The molecular weight excluding hydrogens is 61.0 g/mol. The highest BCUT2D eigenvalue weighted by atomic mass is 19.1. The van der Waals surface area contributed by atoms with E-state index >= 15 is 0 Å². The molecule has 0 N–H and O–H groups in total. The van der Waals surface area contributed by atoms with Crippen LogP contribution in [0.2, 0.25) is 0 Å². The summed E-state index contributed by atoms with van der Waals surface area (Å²) >= 11 is 0. The molecule has 0 aromatic rings. The van der Waals surface area contributed by atoms with E-state index in [9.17, 15) is 4.39 Å². The molecule has 0 aliphatic carbocycles. The summed E-state index contributed by atoms with van der Waals surface area (Å²) in [5.74, 6) is 0. The van der Waals surface area contributed by atoms with Crippen LogP contribution in [0.1, 0.15) is 0 Å². The smallest absolute Gasteiger partial charge is 0.220 e. The van der Waals surface area contributed by atoms with Gasteiger partial charge in [0.25, 0.3) is 0 Å². The summed E-state index contributed by atoms with van der Waals surface area (Å²) in [6.45, 7) is -1.11. The summed E-state index contributed by atoms with van der Waals surface area (Å²) in [4.78, 5) is 8.55. The van der Waals surface area contributed by atoms with Crippen LogP contribution >= 0.6 is 0 Å². The van der Waals surface area contributed by atoms with E-state index in [1.54, 1.807) is 0 Å². The molecular formula is CH2FNO. The molecule has 0 saturated carbocycles. The van der Waals surface area contributed by atoms with Crippen molar-refractivity contribution in [2.75, 3.05) is 6.80 Å². The first kappa shape index (κ1) is 3.53. The zero-order valence-electron chi connectivity index (χ0n) is 1.94.